The second-order valence-electron chi connectivity index (χ2n) is 4.75. The number of benzene rings is 1. The van der Waals surface area contributed by atoms with E-state index in [1.54, 1.807) is 0 Å². The van der Waals surface area contributed by atoms with Crippen molar-refractivity contribution in [2.75, 3.05) is 19.7 Å². The Labute approximate surface area is 107 Å². The van der Waals surface area contributed by atoms with Crippen LogP contribution < -0.4 is 10.6 Å². The lowest BCUT2D eigenvalue weighted by Gasteiger charge is -2.26. The van der Waals surface area contributed by atoms with Gasteiger partial charge in [-0.3, -0.25) is 4.79 Å². The minimum Gasteiger partial charge on any atom is -0.396 e. The average Bonchev–Trinajstić information content (AvgIpc) is 2.37. The van der Waals surface area contributed by atoms with Crippen LogP contribution in [0.15, 0.2) is 18.2 Å². The second-order valence-corrected chi connectivity index (χ2v) is 4.75. The summed E-state index contributed by atoms with van der Waals surface area (Å²) in [7, 11) is 0. The highest BCUT2D eigenvalue weighted by atomic mass is 16.3. The predicted octanol–water partition coefficient (Wildman–Crippen LogP) is 0.680. The monoisotopic (exact) mass is 248 g/mol. The van der Waals surface area contributed by atoms with E-state index in [9.17, 15) is 4.79 Å². The molecule has 0 aromatic heterocycles. The van der Waals surface area contributed by atoms with Gasteiger partial charge in [0.15, 0.2) is 0 Å². The predicted molar refractivity (Wildman–Crippen MR) is 70.3 cm³/mol. The Morgan fingerprint density at radius 2 is 2.39 bits per heavy atom. The van der Waals surface area contributed by atoms with Gasteiger partial charge in [0.25, 0.3) is 0 Å². The van der Waals surface area contributed by atoms with Crippen LogP contribution in [-0.4, -0.2) is 30.7 Å². The molecule has 4 heteroatoms. The molecule has 1 aliphatic heterocycles. The highest BCUT2D eigenvalue weighted by Crippen LogP contribution is 2.25. The summed E-state index contributed by atoms with van der Waals surface area (Å²) in [5.41, 5.74) is 3.56. The molecular weight excluding hydrogens is 228 g/mol. The third kappa shape index (κ3) is 2.89. The number of aryl methyl sites for hydroxylation is 1. The molecule has 0 radical (unpaired) electrons. The first kappa shape index (κ1) is 13.1. The van der Waals surface area contributed by atoms with Gasteiger partial charge in [-0.25, -0.2) is 0 Å². The summed E-state index contributed by atoms with van der Waals surface area (Å²) in [5, 5.41) is 14.9. The van der Waals surface area contributed by atoms with Crippen LogP contribution in [0.2, 0.25) is 0 Å². The van der Waals surface area contributed by atoms with Crippen molar-refractivity contribution in [3.8, 4) is 0 Å². The molecule has 0 fully saturated rings. The summed E-state index contributed by atoms with van der Waals surface area (Å²) in [6.07, 6.45) is 0.604. The zero-order valence-electron chi connectivity index (χ0n) is 10.7. The van der Waals surface area contributed by atoms with Gasteiger partial charge >= 0.3 is 0 Å². The van der Waals surface area contributed by atoms with Crippen LogP contribution in [0.5, 0.6) is 0 Å². The number of rotatable bonds is 4. The molecule has 1 aromatic carbocycles. The first-order chi connectivity index (χ1) is 8.72. The van der Waals surface area contributed by atoms with Crippen LogP contribution >= 0.6 is 0 Å². The lowest BCUT2D eigenvalue weighted by Crippen LogP contribution is -2.39. The largest absolute Gasteiger partial charge is 0.396 e. The van der Waals surface area contributed by atoms with E-state index >= 15 is 0 Å². The molecule has 1 aliphatic rings. The van der Waals surface area contributed by atoms with Crippen molar-refractivity contribution in [2.45, 2.75) is 25.8 Å². The van der Waals surface area contributed by atoms with Crippen LogP contribution in [0.3, 0.4) is 0 Å². The van der Waals surface area contributed by atoms with Crippen LogP contribution in [0.25, 0.3) is 0 Å². The molecule has 1 aromatic rings. The molecule has 1 atom stereocenters. The number of carbonyl (C=O) groups is 1. The molecule has 0 bridgehead atoms. The molecule has 1 unspecified atom stereocenters. The zero-order valence-corrected chi connectivity index (χ0v) is 10.7. The maximum absolute atomic E-state index is 12.1. The lowest BCUT2D eigenvalue weighted by atomic mass is 9.89. The number of aliphatic hydroxyl groups is 1. The smallest absolute Gasteiger partial charge is 0.228 e. The molecule has 0 saturated carbocycles. The number of amides is 1. The van der Waals surface area contributed by atoms with Crippen molar-refractivity contribution in [3.05, 3.63) is 34.9 Å². The Bertz CT molecular complexity index is 432. The van der Waals surface area contributed by atoms with Gasteiger partial charge in [0.05, 0.1) is 5.92 Å². The topological polar surface area (TPSA) is 61.4 Å². The molecular formula is C14H20N2O2. The number of carbonyl (C=O) groups excluding carboxylic acids is 1. The summed E-state index contributed by atoms with van der Waals surface area (Å²) in [4.78, 5) is 12.1. The van der Waals surface area contributed by atoms with Gasteiger partial charge < -0.3 is 15.7 Å². The fraction of sp³-hybridized carbons (Fsp3) is 0.500. The Balaban J connectivity index is 2.09. The molecule has 0 saturated heterocycles. The second kappa shape index (κ2) is 5.98. The van der Waals surface area contributed by atoms with Crippen molar-refractivity contribution in [1.29, 1.82) is 0 Å². The van der Waals surface area contributed by atoms with Crippen molar-refractivity contribution in [2.24, 2.45) is 0 Å². The van der Waals surface area contributed by atoms with E-state index in [0.717, 1.165) is 12.1 Å². The lowest BCUT2D eigenvalue weighted by molar-refractivity contribution is -0.122. The fourth-order valence-corrected chi connectivity index (χ4v) is 2.34. The molecule has 0 aliphatic carbocycles. The Morgan fingerprint density at radius 3 is 3.17 bits per heavy atom. The van der Waals surface area contributed by atoms with E-state index in [0.29, 0.717) is 19.5 Å². The van der Waals surface area contributed by atoms with Crippen molar-refractivity contribution in [3.63, 3.8) is 0 Å². The number of fused-ring (bicyclic) bond motifs is 1. The number of aliphatic hydroxyl groups excluding tert-OH is 1. The quantitative estimate of drug-likeness (QED) is 0.687. The Kier molecular flexibility index (Phi) is 4.33. The van der Waals surface area contributed by atoms with Crippen LogP contribution in [0.1, 0.15) is 29.0 Å². The van der Waals surface area contributed by atoms with Crippen molar-refractivity contribution in [1.82, 2.24) is 10.6 Å². The van der Waals surface area contributed by atoms with Gasteiger partial charge in [0.1, 0.15) is 0 Å². The highest BCUT2D eigenvalue weighted by molar-refractivity contribution is 5.84. The van der Waals surface area contributed by atoms with E-state index in [1.165, 1.54) is 11.1 Å². The van der Waals surface area contributed by atoms with Crippen LogP contribution in [0.4, 0.5) is 0 Å². The van der Waals surface area contributed by atoms with Gasteiger partial charge in [0.2, 0.25) is 5.91 Å². The molecule has 1 heterocycles. The summed E-state index contributed by atoms with van der Waals surface area (Å²) in [6.45, 7) is 4.22. The minimum absolute atomic E-state index is 0.0424. The van der Waals surface area contributed by atoms with E-state index in [-0.39, 0.29) is 18.4 Å². The summed E-state index contributed by atoms with van der Waals surface area (Å²) in [5.74, 6) is -0.0752. The van der Waals surface area contributed by atoms with Gasteiger partial charge in [-0.05, 0) is 24.5 Å². The van der Waals surface area contributed by atoms with Crippen LogP contribution in [0, 0.1) is 6.92 Å². The maximum atomic E-state index is 12.1. The molecule has 4 nitrogen and oxygen atoms in total. The molecule has 1 amide bonds. The van der Waals surface area contributed by atoms with Gasteiger partial charge in [-0.15, -0.1) is 0 Å². The highest BCUT2D eigenvalue weighted by Gasteiger charge is 2.25. The van der Waals surface area contributed by atoms with Crippen molar-refractivity contribution >= 4 is 5.91 Å². The third-order valence-electron chi connectivity index (χ3n) is 3.29. The van der Waals surface area contributed by atoms with Gasteiger partial charge in [0, 0.05) is 26.2 Å². The first-order valence-electron chi connectivity index (χ1n) is 6.41. The maximum Gasteiger partial charge on any atom is 0.228 e. The minimum atomic E-state index is -0.118. The SMILES string of the molecule is Cc1ccc2c(c1)CNCC2C(=O)NCCCO. The van der Waals surface area contributed by atoms with Gasteiger partial charge in [-0.2, -0.15) is 0 Å². The molecule has 3 N–H and O–H groups in total. The summed E-state index contributed by atoms with van der Waals surface area (Å²) < 4.78 is 0. The fourth-order valence-electron chi connectivity index (χ4n) is 2.34. The Morgan fingerprint density at radius 1 is 1.56 bits per heavy atom. The molecule has 18 heavy (non-hydrogen) atoms. The number of hydrogen-bond acceptors (Lipinski definition) is 3. The van der Waals surface area contributed by atoms with E-state index in [2.05, 4.69) is 35.8 Å². The summed E-state index contributed by atoms with van der Waals surface area (Å²) >= 11 is 0. The molecule has 98 valence electrons. The van der Waals surface area contributed by atoms with Crippen molar-refractivity contribution < 1.29 is 9.90 Å². The molecule has 2 rings (SSSR count). The zero-order chi connectivity index (χ0) is 13.0. The number of nitrogens with one attached hydrogen (secondary N) is 2. The van der Waals surface area contributed by atoms with E-state index < -0.39 is 0 Å². The average molecular weight is 248 g/mol. The van der Waals surface area contributed by atoms with Gasteiger partial charge in [-0.1, -0.05) is 23.8 Å². The summed E-state index contributed by atoms with van der Waals surface area (Å²) in [6, 6.07) is 6.25. The normalized spacial score (nSPS) is 18.2. The van der Waals surface area contributed by atoms with E-state index in [4.69, 9.17) is 5.11 Å². The number of hydrogen-bond donors (Lipinski definition) is 3. The molecule has 0 spiro atoms. The van der Waals surface area contributed by atoms with Crippen LogP contribution in [-0.2, 0) is 11.3 Å². The third-order valence-corrected chi connectivity index (χ3v) is 3.29. The Hall–Kier alpha value is -1.39. The first-order valence-corrected chi connectivity index (χ1v) is 6.41. The standard InChI is InChI=1S/C14H20N2O2/c1-10-3-4-12-11(7-10)8-15-9-13(12)14(18)16-5-2-6-17/h3-4,7,13,15,17H,2,5-6,8-9H2,1H3,(H,16,18). The van der Waals surface area contributed by atoms with E-state index in [1.807, 2.05) is 0 Å².